The molecule has 0 amide bonds. The second kappa shape index (κ2) is 9.89. The summed E-state index contributed by atoms with van der Waals surface area (Å²) in [4.78, 5) is 4.57. The minimum absolute atomic E-state index is 0.454. The van der Waals surface area contributed by atoms with Crippen LogP contribution in [0.15, 0.2) is 87.8 Å². The maximum Gasteiger partial charge on any atom is 0.203 e. The standard InChI is InChI=1S/C23H17BrClN3OS/c24-19-8-6-16(7-9-19)14-29-22-11-10-20(25)12-18(22)13-26-28-23-27-21(15-30-23)17-4-2-1-3-5-17/h1-13,15H,14H2,(H,27,28). The summed E-state index contributed by atoms with van der Waals surface area (Å²) in [6, 6.07) is 23.5. The van der Waals surface area contributed by atoms with Crippen LogP contribution in [0.3, 0.4) is 0 Å². The molecule has 1 aromatic heterocycles. The Morgan fingerprint density at radius 2 is 1.87 bits per heavy atom. The number of benzene rings is 3. The normalized spacial score (nSPS) is 11.0. The highest BCUT2D eigenvalue weighted by Crippen LogP contribution is 2.25. The van der Waals surface area contributed by atoms with Crippen LogP contribution < -0.4 is 10.2 Å². The molecule has 4 aromatic rings. The molecule has 4 rings (SSSR count). The van der Waals surface area contributed by atoms with Gasteiger partial charge in [0.25, 0.3) is 0 Å². The lowest BCUT2D eigenvalue weighted by molar-refractivity contribution is 0.306. The summed E-state index contributed by atoms with van der Waals surface area (Å²) in [6.45, 7) is 0.454. The first-order chi connectivity index (χ1) is 14.7. The number of thiazole rings is 1. The van der Waals surface area contributed by atoms with Gasteiger partial charge in [0.15, 0.2) is 0 Å². The summed E-state index contributed by atoms with van der Waals surface area (Å²) in [5, 5.41) is 7.65. The van der Waals surface area contributed by atoms with Gasteiger partial charge in [-0.15, -0.1) is 11.3 Å². The van der Waals surface area contributed by atoms with Crippen molar-refractivity contribution in [2.75, 3.05) is 5.43 Å². The maximum atomic E-state index is 6.17. The van der Waals surface area contributed by atoms with E-state index in [1.54, 1.807) is 12.3 Å². The molecule has 30 heavy (non-hydrogen) atoms. The van der Waals surface area contributed by atoms with Crippen molar-refractivity contribution in [1.82, 2.24) is 4.98 Å². The van der Waals surface area contributed by atoms with Crippen molar-refractivity contribution in [3.8, 4) is 17.0 Å². The molecule has 1 N–H and O–H groups in total. The first kappa shape index (κ1) is 20.6. The highest BCUT2D eigenvalue weighted by molar-refractivity contribution is 9.10. The van der Waals surface area contributed by atoms with Crippen LogP contribution in [0, 0.1) is 0 Å². The van der Waals surface area contributed by atoms with Crippen LogP contribution in [0.5, 0.6) is 5.75 Å². The van der Waals surface area contributed by atoms with Crippen molar-refractivity contribution >= 4 is 50.2 Å². The fraction of sp³-hybridized carbons (Fsp3) is 0.0435. The number of ether oxygens (including phenoxy) is 1. The number of anilines is 1. The number of nitrogens with zero attached hydrogens (tertiary/aromatic N) is 2. The molecule has 0 atom stereocenters. The summed E-state index contributed by atoms with van der Waals surface area (Å²) < 4.78 is 7.01. The molecule has 3 aromatic carbocycles. The van der Waals surface area contributed by atoms with E-state index in [9.17, 15) is 0 Å². The van der Waals surface area contributed by atoms with E-state index in [1.807, 2.05) is 72.1 Å². The van der Waals surface area contributed by atoms with Gasteiger partial charge in [-0.05, 0) is 35.9 Å². The number of rotatable bonds is 7. The number of nitrogens with one attached hydrogen (secondary N) is 1. The van der Waals surface area contributed by atoms with Gasteiger partial charge in [-0.1, -0.05) is 70.0 Å². The second-order valence-corrected chi connectivity index (χ2v) is 8.58. The fourth-order valence-corrected chi connectivity index (χ4v) is 3.83. The Morgan fingerprint density at radius 1 is 1.07 bits per heavy atom. The van der Waals surface area contributed by atoms with E-state index in [0.717, 1.165) is 26.9 Å². The zero-order valence-electron chi connectivity index (χ0n) is 15.8. The lowest BCUT2D eigenvalue weighted by Crippen LogP contribution is -1.99. The number of aromatic nitrogens is 1. The van der Waals surface area contributed by atoms with Crippen LogP contribution in [-0.2, 0) is 6.61 Å². The highest BCUT2D eigenvalue weighted by Gasteiger charge is 2.06. The van der Waals surface area contributed by atoms with Crippen molar-refractivity contribution in [1.29, 1.82) is 0 Å². The molecule has 0 spiro atoms. The number of hydrogen-bond acceptors (Lipinski definition) is 5. The molecule has 0 radical (unpaired) electrons. The first-order valence-electron chi connectivity index (χ1n) is 9.14. The van der Waals surface area contributed by atoms with E-state index in [-0.39, 0.29) is 0 Å². The van der Waals surface area contributed by atoms with Crippen LogP contribution >= 0.6 is 38.9 Å². The molecule has 0 bridgehead atoms. The van der Waals surface area contributed by atoms with Crippen molar-refractivity contribution < 1.29 is 4.74 Å². The third kappa shape index (κ3) is 5.48. The first-order valence-corrected chi connectivity index (χ1v) is 11.2. The molecule has 4 nitrogen and oxygen atoms in total. The lowest BCUT2D eigenvalue weighted by atomic mass is 10.2. The zero-order chi connectivity index (χ0) is 20.8. The Labute approximate surface area is 192 Å². The van der Waals surface area contributed by atoms with Gasteiger partial charge in [0.05, 0.1) is 11.9 Å². The largest absolute Gasteiger partial charge is 0.488 e. The topological polar surface area (TPSA) is 46.5 Å². The lowest BCUT2D eigenvalue weighted by Gasteiger charge is -2.09. The smallest absolute Gasteiger partial charge is 0.203 e. The molecule has 0 aliphatic carbocycles. The third-order valence-electron chi connectivity index (χ3n) is 4.22. The van der Waals surface area contributed by atoms with Crippen molar-refractivity contribution in [3.05, 3.63) is 98.8 Å². The Bertz CT molecular complexity index is 1150. The van der Waals surface area contributed by atoms with Crippen LogP contribution in [-0.4, -0.2) is 11.2 Å². The molecule has 150 valence electrons. The Kier molecular flexibility index (Phi) is 6.79. The van der Waals surface area contributed by atoms with Crippen molar-refractivity contribution in [2.24, 2.45) is 5.10 Å². The summed E-state index contributed by atoms with van der Waals surface area (Å²) in [6.07, 6.45) is 1.69. The van der Waals surface area contributed by atoms with Gasteiger partial charge in [0.1, 0.15) is 12.4 Å². The van der Waals surface area contributed by atoms with E-state index in [4.69, 9.17) is 16.3 Å². The van der Waals surface area contributed by atoms with Crippen molar-refractivity contribution in [3.63, 3.8) is 0 Å². The second-order valence-electron chi connectivity index (χ2n) is 6.37. The van der Waals surface area contributed by atoms with Gasteiger partial charge in [-0.25, -0.2) is 4.98 Å². The highest BCUT2D eigenvalue weighted by atomic mass is 79.9. The molecule has 7 heteroatoms. The van der Waals surface area contributed by atoms with E-state index in [2.05, 4.69) is 31.4 Å². The van der Waals surface area contributed by atoms with Gasteiger partial charge in [0, 0.05) is 26.0 Å². The summed E-state index contributed by atoms with van der Waals surface area (Å²) >= 11 is 11.1. The minimum atomic E-state index is 0.454. The average molecular weight is 499 g/mol. The number of halogens is 2. The third-order valence-corrected chi connectivity index (χ3v) is 5.73. The predicted octanol–water partition coefficient (Wildman–Crippen LogP) is 7.25. The van der Waals surface area contributed by atoms with Gasteiger partial charge in [-0.3, -0.25) is 5.43 Å². The molecule has 0 aliphatic rings. The average Bonchev–Trinajstić information content (AvgIpc) is 3.24. The summed E-state index contributed by atoms with van der Waals surface area (Å²) in [5.74, 6) is 0.706. The zero-order valence-corrected chi connectivity index (χ0v) is 18.9. The van der Waals surface area contributed by atoms with Gasteiger partial charge < -0.3 is 4.74 Å². The van der Waals surface area contributed by atoms with Gasteiger partial charge in [-0.2, -0.15) is 5.10 Å². The number of hydrogen-bond donors (Lipinski definition) is 1. The Hall–Kier alpha value is -2.67. The van der Waals surface area contributed by atoms with E-state index < -0.39 is 0 Å². The summed E-state index contributed by atoms with van der Waals surface area (Å²) in [7, 11) is 0. The van der Waals surface area contributed by atoms with Crippen LogP contribution in [0.25, 0.3) is 11.3 Å². The molecule has 0 saturated heterocycles. The van der Waals surface area contributed by atoms with Crippen LogP contribution in [0.1, 0.15) is 11.1 Å². The monoisotopic (exact) mass is 497 g/mol. The molecule has 0 unspecified atom stereocenters. The fourth-order valence-electron chi connectivity index (χ4n) is 2.72. The molecule has 0 saturated carbocycles. The minimum Gasteiger partial charge on any atom is -0.488 e. The molecular weight excluding hydrogens is 482 g/mol. The van der Waals surface area contributed by atoms with Crippen LogP contribution in [0.2, 0.25) is 5.02 Å². The predicted molar refractivity (Wildman–Crippen MR) is 129 cm³/mol. The Balaban J connectivity index is 1.43. The SMILES string of the molecule is Clc1ccc(OCc2ccc(Br)cc2)c(C=NNc2nc(-c3ccccc3)cs2)c1. The van der Waals surface area contributed by atoms with E-state index in [1.165, 1.54) is 11.3 Å². The van der Waals surface area contributed by atoms with E-state index >= 15 is 0 Å². The quantitative estimate of drug-likeness (QED) is 0.216. The summed E-state index contributed by atoms with van der Waals surface area (Å²) in [5.41, 5.74) is 6.83. The van der Waals surface area contributed by atoms with Crippen molar-refractivity contribution in [2.45, 2.75) is 6.61 Å². The van der Waals surface area contributed by atoms with Gasteiger partial charge in [0.2, 0.25) is 5.13 Å². The van der Waals surface area contributed by atoms with E-state index in [0.29, 0.717) is 22.5 Å². The molecule has 0 aliphatic heterocycles. The van der Waals surface area contributed by atoms with Crippen LogP contribution in [0.4, 0.5) is 5.13 Å². The molecule has 0 fully saturated rings. The molecular formula is C23H17BrClN3OS. The Morgan fingerprint density at radius 3 is 2.67 bits per heavy atom. The number of hydrazone groups is 1. The maximum absolute atomic E-state index is 6.17. The molecule has 1 heterocycles. The van der Waals surface area contributed by atoms with Gasteiger partial charge >= 0.3 is 0 Å².